The van der Waals surface area contributed by atoms with Gasteiger partial charge in [-0.15, -0.1) is 11.3 Å². The van der Waals surface area contributed by atoms with Gasteiger partial charge in [-0.1, -0.05) is 45.7 Å². The lowest BCUT2D eigenvalue weighted by Gasteiger charge is -2.13. The van der Waals surface area contributed by atoms with E-state index in [4.69, 9.17) is 11.6 Å². The molecule has 0 spiro atoms. The fourth-order valence-electron chi connectivity index (χ4n) is 1.56. The number of hydrogen-bond acceptors (Lipinski definition) is 1. The van der Waals surface area contributed by atoms with Gasteiger partial charge in [-0.2, -0.15) is 0 Å². The van der Waals surface area contributed by atoms with Crippen LogP contribution in [0, 0.1) is 6.92 Å². The van der Waals surface area contributed by atoms with Crippen LogP contribution in [0.5, 0.6) is 0 Å². The molecule has 0 fully saturated rings. The van der Waals surface area contributed by atoms with Crippen LogP contribution in [0.15, 0.2) is 31.8 Å². The van der Waals surface area contributed by atoms with Crippen LogP contribution >= 0.6 is 70.7 Å². The first kappa shape index (κ1) is 14.1. The molecule has 0 amide bonds. The van der Waals surface area contributed by atoms with Crippen molar-refractivity contribution >= 4 is 70.7 Å². The molecule has 0 aliphatic carbocycles. The van der Waals surface area contributed by atoms with Crippen molar-refractivity contribution < 1.29 is 0 Å². The largest absolute Gasteiger partial charge is 0.121 e. The maximum absolute atomic E-state index is 6.34. The van der Waals surface area contributed by atoms with Crippen LogP contribution in [-0.4, -0.2) is 0 Å². The van der Waals surface area contributed by atoms with Crippen LogP contribution in [0.3, 0.4) is 0 Å². The summed E-state index contributed by atoms with van der Waals surface area (Å²) in [6.07, 6.45) is 0. The summed E-state index contributed by atoms with van der Waals surface area (Å²) in [5.74, 6) is 0. The number of rotatable bonds is 2. The monoisotopic (exact) mass is 456 g/mol. The summed E-state index contributed by atoms with van der Waals surface area (Å²) in [6.45, 7) is 2.02. The van der Waals surface area contributed by atoms with Gasteiger partial charge < -0.3 is 0 Å². The number of benzene rings is 1. The van der Waals surface area contributed by atoms with E-state index in [1.807, 2.05) is 25.1 Å². The molecule has 0 N–H and O–H groups in total. The normalized spacial score (nSPS) is 12.8. The van der Waals surface area contributed by atoms with Gasteiger partial charge in [0.05, 0.1) is 12.4 Å². The van der Waals surface area contributed by atoms with E-state index in [-0.39, 0.29) is 4.83 Å². The number of thiophene rings is 1. The van der Waals surface area contributed by atoms with E-state index < -0.39 is 0 Å². The van der Waals surface area contributed by atoms with Crippen LogP contribution < -0.4 is 0 Å². The van der Waals surface area contributed by atoms with Gasteiger partial charge >= 0.3 is 0 Å². The van der Waals surface area contributed by atoms with Crippen molar-refractivity contribution in [3.8, 4) is 0 Å². The quantitative estimate of drug-likeness (QED) is 0.438. The molecule has 0 saturated heterocycles. The van der Waals surface area contributed by atoms with Crippen molar-refractivity contribution in [1.29, 1.82) is 0 Å². The van der Waals surface area contributed by atoms with Gasteiger partial charge in [-0.05, 0) is 61.5 Å². The lowest BCUT2D eigenvalue weighted by atomic mass is 10.1. The van der Waals surface area contributed by atoms with Gasteiger partial charge in [0.25, 0.3) is 0 Å². The molecular formula is C12H8Br3ClS. The van der Waals surface area contributed by atoms with Gasteiger partial charge in [0.2, 0.25) is 0 Å². The minimum absolute atomic E-state index is 0.104. The fourth-order valence-corrected chi connectivity index (χ4v) is 6.03. The lowest BCUT2D eigenvalue weighted by molar-refractivity contribution is 1.17. The molecule has 17 heavy (non-hydrogen) atoms. The van der Waals surface area contributed by atoms with Crippen molar-refractivity contribution in [2.45, 2.75) is 11.8 Å². The predicted molar refractivity (Wildman–Crippen MR) is 86.7 cm³/mol. The molecule has 90 valence electrons. The number of alkyl halides is 1. The second kappa shape index (κ2) is 5.74. The van der Waals surface area contributed by atoms with E-state index in [0.717, 1.165) is 23.7 Å². The highest BCUT2D eigenvalue weighted by atomic mass is 79.9. The summed E-state index contributed by atoms with van der Waals surface area (Å²) in [5.41, 5.74) is 3.38. The van der Waals surface area contributed by atoms with Crippen molar-refractivity contribution in [3.63, 3.8) is 0 Å². The van der Waals surface area contributed by atoms with Crippen LogP contribution in [0.25, 0.3) is 0 Å². The van der Waals surface area contributed by atoms with Gasteiger partial charge in [0.1, 0.15) is 0 Å². The van der Waals surface area contributed by atoms with Gasteiger partial charge in [-0.25, -0.2) is 0 Å². The Hall–Kier alpha value is 0.650. The Kier molecular flexibility index (Phi) is 4.75. The Balaban J connectivity index is 2.47. The molecule has 0 saturated carbocycles. The zero-order valence-corrected chi connectivity index (χ0v) is 15.1. The van der Waals surface area contributed by atoms with Crippen LogP contribution in [0.1, 0.15) is 21.5 Å². The van der Waals surface area contributed by atoms with Crippen LogP contribution in [0.2, 0.25) is 5.02 Å². The summed E-state index contributed by atoms with van der Waals surface area (Å²) < 4.78 is 2.22. The summed E-state index contributed by atoms with van der Waals surface area (Å²) in [4.78, 5) is 0.104. The Morgan fingerprint density at radius 3 is 2.53 bits per heavy atom. The molecule has 1 unspecified atom stereocenters. The molecule has 5 heteroatoms. The molecule has 2 rings (SSSR count). The SMILES string of the molecule is Cc1cccc(C(Br)c2cc(Br)sc2Br)c1Cl. The third-order valence-electron chi connectivity index (χ3n) is 2.45. The first-order valence-electron chi connectivity index (χ1n) is 4.84. The Morgan fingerprint density at radius 1 is 1.24 bits per heavy atom. The van der Waals surface area contributed by atoms with E-state index in [2.05, 4.69) is 53.9 Å². The highest BCUT2D eigenvalue weighted by molar-refractivity contribution is 9.12. The first-order chi connectivity index (χ1) is 8.00. The number of hydrogen-bond donors (Lipinski definition) is 0. The smallest absolute Gasteiger partial charge is 0.0757 e. The van der Waals surface area contributed by atoms with Crippen LogP contribution in [-0.2, 0) is 0 Å². The highest BCUT2D eigenvalue weighted by Crippen LogP contribution is 2.43. The molecule has 0 radical (unpaired) electrons. The number of halogens is 4. The van der Waals surface area contributed by atoms with E-state index in [1.165, 1.54) is 5.56 Å². The molecule has 1 atom stereocenters. The predicted octanol–water partition coefficient (Wildman–Crippen LogP) is 6.72. The molecule has 0 aliphatic rings. The molecule has 0 aliphatic heterocycles. The third-order valence-corrected chi connectivity index (χ3v) is 6.34. The minimum atomic E-state index is 0.104. The Bertz CT molecular complexity index is 551. The van der Waals surface area contributed by atoms with Gasteiger partial charge in [0.15, 0.2) is 0 Å². The Morgan fingerprint density at radius 2 is 1.94 bits per heavy atom. The van der Waals surface area contributed by atoms with Crippen molar-refractivity contribution in [2.24, 2.45) is 0 Å². The molecule has 2 aromatic rings. The third kappa shape index (κ3) is 2.98. The summed E-state index contributed by atoms with van der Waals surface area (Å²) >= 11 is 18.8. The zero-order chi connectivity index (χ0) is 12.6. The summed E-state index contributed by atoms with van der Waals surface area (Å²) in [7, 11) is 0. The zero-order valence-electron chi connectivity index (χ0n) is 8.81. The molecule has 0 bridgehead atoms. The second-order valence-electron chi connectivity index (χ2n) is 3.62. The minimum Gasteiger partial charge on any atom is -0.121 e. The first-order valence-corrected chi connectivity index (χ1v) is 8.54. The molecular weight excluding hydrogens is 451 g/mol. The maximum Gasteiger partial charge on any atom is 0.0757 e. The van der Waals surface area contributed by atoms with E-state index in [1.54, 1.807) is 11.3 Å². The average Bonchev–Trinajstić information content (AvgIpc) is 2.61. The van der Waals surface area contributed by atoms with Crippen molar-refractivity contribution in [1.82, 2.24) is 0 Å². The molecule has 1 aromatic heterocycles. The van der Waals surface area contributed by atoms with E-state index in [9.17, 15) is 0 Å². The van der Waals surface area contributed by atoms with E-state index >= 15 is 0 Å². The van der Waals surface area contributed by atoms with E-state index in [0.29, 0.717) is 0 Å². The molecule has 1 heterocycles. The lowest BCUT2D eigenvalue weighted by Crippen LogP contribution is -1.94. The van der Waals surface area contributed by atoms with Crippen molar-refractivity contribution in [3.05, 3.63) is 53.6 Å². The maximum atomic E-state index is 6.34. The van der Waals surface area contributed by atoms with Crippen LogP contribution in [0.4, 0.5) is 0 Å². The topological polar surface area (TPSA) is 0 Å². The van der Waals surface area contributed by atoms with Gasteiger partial charge in [-0.3, -0.25) is 0 Å². The highest BCUT2D eigenvalue weighted by Gasteiger charge is 2.19. The average molecular weight is 459 g/mol. The fraction of sp³-hybridized carbons (Fsp3) is 0.167. The molecule has 1 aromatic carbocycles. The van der Waals surface area contributed by atoms with Gasteiger partial charge in [0, 0.05) is 5.02 Å². The Labute approximate surface area is 135 Å². The summed E-state index contributed by atoms with van der Waals surface area (Å²) in [6, 6.07) is 8.20. The number of aryl methyl sites for hydroxylation is 1. The molecule has 0 nitrogen and oxygen atoms in total. The van der Waals surface area contributed by atoms with Crippen molar-refractivity contribution in [2.75, 3.05) is 0 Å². The second-order valence-corrected chi connectivity index (χ2v) is 8.66. The summed E-state index contributed by atoms with van der Waals surface area (Å²) in [5, 5.41) is 0.823. The standard InChI is InChI=1S/C12H8Br3ClS/c1-6-3-2-4-7(11(6)16)10(14)8-5-9(13)17-12(8)15/h2-5,10H,1H3.